The van der Waals surface area contributed by atoms with Gasteiger partial charge in [0.1, 0.15) is 11.2 Å². The Morgan fingerprint density at radius 2 is 1.41 bits per heavy atom. The van der Waals surface area contributed by atoms with Crippen LogP contribution < -0.4 is 5.46 Å². The predicted molar refractivity (Wildman–Crippen MR) is 169 cm³/mol. The minimum Gasteiger partial charge on any atom is -0.456 e. The average Bonchev–Trinajstić information content (AvgIpc) is 3.60. The molecule has 0 unspecified atom stereocenters. The summed E-state index contributed by atoms with van der Waals surface area (Å²) in [5.74, 6) is 0.681. The van der Waals surface area contributed by atoms with Crippen LogP contribution in [0, 0.1) is 0 Å². The van der Waals surface area contributed by atoms with Crippen molar-refractivity contribution in [1.82, 2.24) is 9.97 Å². The van der Waals surface area contributed by atoms with Gasteiger partial charge in [-0.1, -0.05) is 66.7 Å². The average molecular weight is 554 g/mol. The fourth-order valence-corrected chi connectivity index (χ4v) is 6.73. The predicted octanol–water partition coefficient (Wildman–Crippen LogP) is 8.38. The zero-order valence-electron chi connectivity index (χ0n) is 23.3. The molecule has 3 aromatic heterocycles. The van der Waals surface area contributed by atoms with E-state index in [4.69, 9.17) is 23.7 Å². The van der Waals surface area contributed by atoms with Gasteiger partial charge in [0.05, 0.1) is 27.1 Å². The molecule has 8 rings (SSSR count). The first-order valence-electron chi connectivity index (χ1n) is 13.8. The first-order chi connectivity index (χ1) is 19.8. The molecule has 200 valence electrons. The lowest BCUT2D eigenvalue weighted by Gasteiger charge is -2.32. The quantitative estimate of drug-likeness (QED) is 0.205. The van der Waals surface area contributed by atoms with E-state index in [1.54, 1.807) is 11.3 Å². The summed E-state index contributed by atoms with van der Waals surface area (Å²) in [6, 6.07) is 31.2. The van der Waals surface area contributed by atoms with Crippen molar-refractivity contribution in [2.24, 2.45) is 0 Å². The second kappa shape index (κ2) is 8.73. The van der Waals surface area contributed by atoms with Gasteiger partial charge in [-0.15, -0.1) is 11.3 Å². The molecule has 0 N–H and O–H groups in total. The minimum atomic E-state index is -0.425. The number of hydrogen-bond acceptors (Lipinski definition) is 6. The van der Waals surface area contributed by atoms with Crippen LogP contribution in [0.25, 0.3) is 64.9 Å². The number of aromatic nitrogens is 2. The maximum atomic E-state index is 6.34. The van der Waals surface area contributed by atoms with Crippen molar-refractivity contribution >= 4 is 66.2 Å². The van der Waals surface area contributed by atoms with E-state index in [0.717, 1.165) is 59.8 Å². The maximum Gasteiger partial charge on any atom is 0.494 e. The molecule has 1 saturated heterocycles. The Balaban J connectivity index is 1.26. The number of nitrogens with zero attached hydrogens (tertiary/aromatic N) is 2. The van der Waals surface area contributed by atoms with Crippen LogP contribution in [0.2, 0.25) is 0 Å². The summed E-state index contributed by atoms with van der Waals surface area (Å²) in [5, 5.41) is 3.21. The molecule has 0 atom stereocenters. The molecule has 1 aliphatic heterocycles. The van der Waals surface area contributed by atoms with Crippen molar-refractivity contribution in [2.75, 3.05) is 0 Å². The Kier molecular flexibility index (Phi) is 5.27. The van der Waals surface area contributed by atoms with Crippen molar-refractivity contribution < 1.29 is 13.7 Å². The smallest absolute Gasteiger partial charge is 0.456 e. The van der Waals surface area contributed by atoms with Crippen LogP contribution >= 0.6 is 11.3 Å². The number of benzene rings is 4. The number of fused-ring (bicyclic) bond motifs is 6. The third-order valence-corrected chi connectivity index (χ3v) is 9.71. The van der Waals surface area contributed by atoms with E-state index in [0.29, 0.717) is 5.82 Å². The molecule has 4 aromatic carbocycles. The Morgan fingerprint density at radius 3 is 2.22 bits per heavy atom. The van der Waals surface area contributed by atoms with Crippen molar-refractivity contribution in [2.45, 2.75) is 38.9 Å². The molecule has 0 saturated carbocycles. The highest BCUT2D eigenvalue weighted by molar-refractivity contribution is 7.26. The highest BCUT2D eigenvalue weighted by atomic mass is 32.1. The summed E-state index contributed by atoms with van der Waals surface area (Å²) in [4.78, 5) is 10.2. The van der Waals surface area contributed by atoms with Crippen molar-refractivity contribution in [3.05, 3.63) is 91.0 Å². The van der Waals surface area contributed by atoms with Crippen LogP contribution in [0.4, 0.5) is 0 Å². The van der Waals surface area contributed by atoms with Gasteiger partial charge in [-0.3, -0.25) is 0 Å². The van der Waals surface area contributed by atoms with E-state index in [1.165, 1.54) is 4.70 Å². The highest BCUT2D eigenvalue weighted by Gasteiger charge is 2.51. The monoisotopic (exact) mass is 554 g/mol. The summed E-state index contributed by atoms with van der Waals surface area (Å²) in [6.45, 7) is 8.29. The molecule has 0 spiro atoms. The summed E-state index contributed by atoms with van der Waals surface area (Å²) in [5.41, 5.74) is 5.72. The molecule has 1 fully saturated rings. The number of hydrogen-bond donors (Lipinski definition) is 0. The zero-order chi connectivity index (χ0) is 27.9. The van der Waals surface area contributed by atoms with Crippen LogP contribution in [-0.4, -0.2) is 28.3 Å². The molecule has 7 heteroatoms. The summed E-state index contributed by atoms with van der Waals surface area (Å²) >= 11 is 1.74. The Morgan fingerprint density at radius 1 is 0.659 bits per heavy atom. The normalized spacial score (nSPS) is 16.4. The third kappa shape index (κ3) is 3.84. The maximum absolute atomic E-state index is 6.34. The van der Waals surface area contributed by atoms with E-state index in [2.05, 4.69) is 94.4 Å². The zero-order valence-corrected chi connectivity index (χ0v) is 24.1. The Labute approximate surface area is 241 Å². The van der Waals surface area contributed by atoms with Gasteiger partial charge in [0, 0.05) is 32.0 Å². The van der Waals surface area contributed by atoms with E-state index >= 15 is 0 Å². The molecule has 0 aliphatic carbocycles. The van der Waals surface area contributed by atoms with Crippen LogP contribution in [0.3, 0.4) is 0 Å². The second-order valence-electron chi connectivity index (χ2n) is 11.7. The number of thiophene rings is 1. The molecule has 7 aromatic rings. The van der Waals surface area contributed by atoms with Gasteiger partial charge >= 0.3 is 7.12 Å². The van der Waals surface area contributed by atoms with Crippen LogP contribution in [0.1, 0.15) is 27.7 Å². The van der Waals surface area contributed by atoms with Gasteiger partial charge < -0.3 is 13.7 Å². The van der Waals surface area contributed by atoms with Gasteiger partial charge in [-0.05, 0) is 57.4 Å². The van der Waals surface area contributed by atoms with E-state index < -0.39 is 18.3 Å². The highest BCUT2D eigenvalue weighted by Crippen LogP contribution is 2.40. The van der Waals surface area contributed by atoms with E-state index in [-0.39, 0.29) is 0 Å². The van der Waals surface area contributed by atoms with Gasteiger partial charge in [0.2, 0.25) is 0 Å². The fourth-order valence-electron chi connectivity index (χ4n) is 5.57. The van der Waals surface area contributed by atoms with Crippen molar-refractivity contribution in [3.8, 4) is 22.6 Å². The summed E-state index contributed by atoms with van der Waals surface area (Å²) < 4.78 is 21.2. The molecule has 41 heavy (non-hydrogen) atoms. The SMILES string of the molecule is CC1(C)OB(c2ccc3oc4cc(-c5nc(-c6ccccc6)c6sc7ccccc7c6n5)ccc4c3c2)OC1(C)C. The molecular formula is C34H27BN2O3S. The van der Waals surface area contributed by atoms with E-state index in [1.807, 2.05) is 24.3 Å². The number of rotatable bonds is 3. The molecule has 0 amide bonds. The van der Waals surface area contributed by atoms with Gasteiger partial charge in [0.25, 0.3) is 0 Å². The van der Waals surface area contributed by atoms with Crippen molar-refractivity contribution in [3.63, 3.8) is 0 Å². The first-order valence-corrected chi connectivity index (χ1v) is 14.7. The number of furan rings is 1. The lowest BCUT2D eigenvalue weighted by molar-refractivity contribution is 0.00578. The second-order valence-corrected chi connectivity index (χ2v) is 12.7. The van der Waals surface area contributed by atoms with Crippen LogP contribution in [-0.2, 0) is 9.31 Å². The van der Waals surface area contributed by atoms with Crippen LogP contribution in [0.15, 0.2) is 95.4 Å². The largest absolute Gasteiger partial charge is 0.494 e. The summed E-state index contributed by atoms with van der Waals surface area (Å²) in [6.07, 6.45) is 0. The molecule has 5 nitrogen and oxygen atoms in total. The lowest BCUT2D eigenvalue weighted by atomic mass is 9.78. The summed E-state index contributed by atoms with van der Waals surface area (Å²) in [7, 11) is -0.425. The minimum absolute atomic E-state index is 0.395. The molecule has 4 heterocycles. The molecule has 0 bridgehead atoms. The van der Waals surface area contributed by atoms with Crippen molar-refractivity contribution in [1.29, 1.82) is 0 Å². The van der Waals surface area contributed by atoms with Gasteiger partial charge in [0.15, 0.2) is 5.82 Å². The van der Waals surface area contributed by atoms with Crippen LogP contribution in [0.5, 0.6) is 0 Å². The molecule has 1 aliphatic rings. The molecule has 0 radical (unpaired) electrons. The fraction of sp³-hybridized carbons (Fsp3) is 0.176. The van der Waals surface area contributed by atoms with Gasteiger partial charge in [-0.2, -0.15) is 0 Å². The third-order valence-electron chi connectivity index (χ3n) is 8.55. The van der Waals surface area contributed by atoms with Gasteiger partial charge in [-0.25, -0.2) is 9.97 Å². The standard InChI is InChI=1S/C34H27BN2O3S/c1-33(2)34(3,4)40-35(39-33)22-15-17-26-25(19-22)23-16-14-21(18-27(23)38-26)32-36-29(20-10-6-5-7-11-20)31-30(37-32)24-12-8-9-13-28(24)41-31/h5-19H,1-4H3. The Bertz CT molecular complexity index is 2120. The lowest BCUT2D eigenvalue weighted by Crippen LogP contribution is -2.41. The topological polar surface area (TPSA) is 57.4 Å². The Hall–Kier alpha value is -4.04. The van der Waals surface area contributed by atoms with E-state index in [9.17, 15) is 0 Å². The molecular weight excluding hydrogens is 527 g/mol. The first kappa shape index (κ1) is 24.7.